The summed E-state index contributed by atoms with van der Waals surface area (Å²) in [6.07, 6.45) is 3.44. The number of carboxylic acid groups (broad SMARTS) is 1. The van der Waals surface area contributed by atoms with E-state index in [9.17, 15) is 51.9 Å². The fourth-order valence-electron chi connectivity index (χ4n) is 7.25. The second-order valence-corrected chi connectivity index (χ2v) is 17.4. The van der Waals surface area contributed by atoms with Gasteiger partial charge in [-0.1, -0.05) is 100 Å². The summed E-state index contributed by atoms with van der Waals surface area (Å²) in [5.74, 6) is -7.06. The summed E-state index contributed by atoms with van der Waals surface area (Å²) in [5.41, 5.74) is 8.25. The first-order valence-corrected chi connectivity index (χ1v) is 23.9. The van der Waals surface area contributed by atoms with Crippen LogP contribution in [0.4, 0.5) is 0 Å². The van der Waals surface area contributed by atoms with Crippen LogP contribution in [0, 0.1) is 0 Å². The molecule has 0 spiro atoms. The van der Waals surface area contributed by atoms with Gasteiger partial charge in [0.2, 0.25) is 41.4 Å². The maximum absolute atomic E-state index is 14.2. The van der Waals surface area contributed by atoms with Crippen LogP contribution in [0.15, 0.2) is 85.1 Å². The number of rotatable bonds is 29. The monoisotopic (exact) mass is 976 g/mol. The number of carbonyl (C=O) groups is 8. The zero-order valence-corrected chi connectivity index (χ0v) is 39.1. The maximum atomic E-state index is 14.2. The Bertz CT molecular complexity index is 2520. The van der Waals surface area contributed by atoms with E-state index in [2.05, 4.69) is 41.1 Å². The number of aryl methyl sites for hydroxylation is 1. The first kappa shape index (κ1) is 54.3. The quantitative estimate of drug-likeness (QED) is 0.0347. The highest BCUT2D eigenvalue weighted by atomic mass is 32.3. The van der Waals surface area contributed by atoms with Gasteiger partial charge < -0.3 is 51.9 Å². The molecule has 22 heteroatoms. The van der Waals surface area contributed by atoms with E-state index >= 15 is 0 Å². The predicted molar refractivity (Wildman–Crippen MR) is 252 cm³/mol. The molecule has 4 rings (SSSR count). The minimum atomic E-state index is -4.71. The van der Waals surface area contributed by atoms with E-state index in [1.807, 2.05) is 32.0 Å². The average molecular weight is 977 g/mol. The van der Waals surface area contributed by atoms with Crippen molar-refractivity contribution < 1.29 is 60.6 Å². The SMILES string of the molecule is CCCC[C@H](NC(=O)CCc1ccc(OS(=O)(=O)O)cc1)C(=O)NCC(=O)N[C@@H](Cc1c[nH]c2ccccc12)C(=O)N[C@@H](CCCC)C(=O)N[C@@H](CC(=O)O)C(=O)N[C@@H](Cc1ccccc1)C(N)=O. The fourth-order valence-corrected chi connectivity index (χ4v) is 7.61. The third kappa shape index (κ3) is 18.7. The maximum Gasteiger partial charge on any atom is 0.446 e. The van der Waals surface area contributed by atoms with Crippen molar-refractivity contribution in [3.05, 3.63) is 102 Å². The number of para-hydroxylation sites is 1. The molecule has 372 valence electrons. The molecule has 0 saturated carbocycles. The summed E-state index contributed by atoms with van der Waals surface area (Å²) in [7, 11) is -4.71. The van der Waals surface area contributed by atoms with Gasteiger partial charge in [-0.3, -0.25) is 42.9 Å². The zero-order chi connectivity index (χ0) is 50.5. The number of benzene rings is 3. The van der Waals surface area contributed by atoms with Crippen molar-refractivity contribution >= 4 is 68.6 Å². The molecule has 1 heterocycles. The predicted octanol–water partition coefficient (Wildman–Crippen LogP) is 1.65. The summed E-state index contributed by atoms with van der Waals surface area (Å²) < 4.78 is 35.2. The molecule has 7 amide bonds. The van der Waals surface area contributed by atoms with Crippen molar-refractivity contribution in [1.29, 1.82) is 0 Å². The van der Waals surface area contributed by atoms with Crippen LogP contribution < -0.4 is 41.8 Å². The molecular formula is C47H60N8O13S. The number of nitrogens with two attached hydrogens (primary N) is 1. The lowest BCUT2D eigenvalue weighted by molar-refractivity contribution is -0.141. The topological polar surface area (TPSA) is 334 Å². The number of hydrogen-bond acceptors (Lipinski definition) is 11. The van der Waals surface area contributed by atoms with Gasteiger partial charge in [0.1, 0.15) is 36.0 Å². The number of fused-ring (bicyclic) bond motifs is 1. The number of carboxylic acids is 1. The van der Waals surface area contributed by atoms with E-state index in [0.29, 0.717) is 42.4 Å². The fraction of sp³-hybridized carbons (Fsp3) is 0.404. The van der Waals surface area contributed by atoms with E-state index in [-0.39, 0.29) is 44.3 Å². The molecule has 0 unspecified atom stereocenters. The van der Waals surface area contributed by atoms with Gasteiger partial charge in [-0.05, 0) is 54.2 Å². The number of aromatic amines is 1. The molecule has 0 saturated heterocycles. The Kier molecular flexibility index (Phi) is 21.1. The van der Waals surface area contributed by atoms with Gasteiger partial charge in [0.05, 0.1) is 13.0 Å². The molecule has 0 radical (unpaired) electrons. The van der Waals surface area contributed by atoms with E-state index < -0.39 is 101 Å². The molecule has 0 fully saturated rings. The lowest BCUT2D eigenvalue weighted by atomic mass is 10.0. The highest BCUT2D eigenvalue weighted by Gasteiger charge is 2.33. The third-order valence-corrected chi connectivity index (χ3v) is 11.3. The summed E-state index contributed by atoms with van der Waals surface area (Å²) in [5, 5.41) is 25.8. The molecule has 1 aromatic heterocycles. The summed E-state index contributed by atoms with van der Waals surface area (Å²) in [4.78, 5) is 109. The van der Waals surface area contributed by atoms with Crippen LogP contribution >= 0.6 is 0 Å². The molecule has 69 heavy (non-hydrogen) atoms. The van der Waals surface area contributed by atoms with E-state index in [0.717, 1.165) is 10.9 Å². The minimum Gasteiger partial charge on any atom is -0.481 e. The number of H-pyrrole nitrogens is 1. The van der Waals surface area contributed by atoms with Crippen LogP contribution in [-0.4, -0.2) is 107 Å². The molecule has 0 aliphatic carbocycles. The van der Waals surface area contributed by atoms with Crippen LogP contribution in [0.1, 0.15) is 81.9 Å². The molecule has 0 aliphatic rings. The third-order valence-electron chi connectivity index (χ3n) is 10.9. The van der Waals surface area contributed by atoms with Crippen LogP contribution in [0.5, 0.6) is 5.75 Å². The Morgan fingerprint density at radius 2 is 1.22 bits per heavy atom. The molecule has 0 aliphatic heterocycles. The Balaban J connectivity index is 1.46. The lowest BCUT2D eigenvalue weighted by Gasteiger charge is -2.26. The van der Waals surface area contributed by atoms with Crippen molar-refractivity contribution in [3.63, 3.8) is 0 Å². The first-order chi connectivity index (χ1) is 32.8. The van der Waals surface area contributed by atoms with Gasteiger partial charge in [0, 0.05) is 36.4 Å². The van der Waals surface area contributed by atoms with Crippen molar-refractivity contribution in [3.8, 4) is 5.75 Å². The second-order valence-electron chi connectivity index (χ2n) is 16.3. The molecule has 11 N–H and O–H groups in total. The van der Waals surface area contributed by atoms with Gasteiger partial charge in [-0.25, -0.2) is 0 Å². The molecule has 4 aromatic rings. The number of unbranched alkanes of at least 4 members (excludes halogenated alkanes) is 2. The number of carbonyl (C=O) groups excluding carboxylic acids is 7. The van der Waals surface area contributed by atoms with Crippen molar-refractivity contribution in [2.45, 2.75) is 115 Å². The summed E-state index contributed by atoms with van der Waals surface area (Å²) in [6, 6.07) is 14.9. The van der Waals surface area contributed by atoms with Crippen LogP contribution in [-0.2, 0) is 68.0 Å². The normalized spacial score (nSPS) is 13.4. The van der Waals surface area contributed by atoms with Gasteiger partial charge in [-0.15, -0.1) is 0 Å². The van der Waals surface area contributed by atoms with Crippen molar-refractivity contribution in [2.75, 3.05) is 6.54 Å². The van der Waals surface area contributed by atoms with E-state index in [1.54, 1.807) is 42.6 Å². The van der Waals surface area contributed by atoms with Gasteiger partial charge in [0.25, 0.3) is 0 Å². The Labute approximate surface area is 399 Å². The summed E-state index contributed by atoms with van der Waals surface area (Å²) >= 11 is 0. The summed E-state index contributed by atoms with van der Waals surface area (Å²) in [6.45, 7) is 3.14. The number of amides is 7. The number of primary amides is 1. The van der Waals surface area contributed by atoms with Gasteiger partial charge >= 0.3 is 16.4 Å². The highest BCUT2D eigenvalue weighted by molar-refractivity contribution is 7.81. The lowest BCUT2D eigenvalue weighted by Crippen LogP contribution is -2.59. The Hall–Kier alpha value is -7.33. The standard InChI is InChI=1S/C47H60N8O13S/c1-3-5-15-35(51-40(56)23-20-29-18-21-32(22-19-29)68-69(65,66)67)44(61)50-28-41(57)52-38(25-31-27-49-34-17-11-10-14-33(31)34)46(63)53-36(16-6-4-2)45(62)55-39(26-42(58)59)47(64)54-37(43(48)60)24-30-12-8-7-9-13-30/h7-14,17-19,21-22,27,35-39,49H,3-6,15-16,20,23-26,28H2,1-2H3,(H2,48,60)(H,50,61)(H,51,56)(H,52,57)(H,53,63)(H,54,64)(H,55,62)(H,58,59)(H,65,66,67)/t35-,36-,37-,38-,39-/m0/s1. The smallest absolute Gasteiger partial charge is 0.446 e. The number of aliphatic carboxylic acids is 1. The molecule has 5 atom stereocenters. The second kappa shape index (κ2) is 26.9. The zero-order valence-electron chi connectivity index (χ0n) is 38.3. The number of nitrogens with one attached hydrogen (secondary N) is 7. The molecular weight excluding hydrogens is 917 g/mol. The average Bonchev–Trinajstić information content (AvgIpc) is 3.71. The molecule has 0 bridgehead atoms. The Morgan fingerprint density at radius 3 is 1.84 bits per heavy atom. The van der Waals surface area contributed by atoms with E-state index in [4.69, 9.17) is 10.3 Å². The van der Waals surface area contributed by atoms with E-state index in [1.165, 1.54) is 24.3 Å². The van der Waals surface area contributed by atoms with Gasteiger partial charge in [0.15, 0.2) is 0 Å². The van der Waals surface area contributed by atoms with Crippen LogP contribution in [0.25, 0.3) is 10.9 Å². The first-order valence-electron chi connectivity index (χ1n) is 22.5. The molecule has 21 nitrogen and oxygen atoms in total. The van der Waals surface area contributed by atoms with Crippen molar-refractivity contribution in [2.24, 2.45) is 5.73 Å². The van der Waals surface area contributed by atoms with Gasteiger partial charge in [-0.2, -0.15) is 8.42 Å². The van der Waals surface area contributed by atoms with Crippen LogP contribution in [0.2, 0.25) is 0 Å². The molecule has 3 aromatic carbocycles. The largest absolute Gasteiger partial charge is 0.481 e. The Morgan fingerprint density at radius 1 is 0.652 bits per heavy atom. The highest BCUT2D eigenvalue weighted by Crippen LogP contribution is 2.20. The number of aromatic nitrogens is 1. The number of hydrogen-bond donors (Lipinski definition) is 10. The minimum absolute atomic E-state index is 0.00429. The van der Waals surface area contributed by atoms with Crippen molar-refractivity contribution in [1.82, 2.24) is 36.9 Å². The van der Waals surface area contributed by atoms with Crippen LogP contribution in [0.3, 0.4) is 0 Å².